The SMILES string of the molecule is CCCn1ccc(=O)c2c(C)nc(-c3ccncc3)nc21. The normalized spacial score (nSPS) is 11.0. The second-order valence-corrected chi connectivity index (χ2v) is 4.94. The van der Waals surface area contributed by atoms with E-state index >= 15 is 0 Å². The van der Waals surface area contributed by atoms with Crippen molar-refractivity contribution in [2.75, 3.05) is 0 Å². The minimum atomic E-state index is -0.0314. The van der Waals surface area contributed by atoms with Crippen LogP contribution in [0.4, 0.5) is 0 Å². The average Bonchev–Trinajstić information content (AvgIpc) is 2.50. The summed E-state index contributed by atoms with van der Waals surface area (Å²) in [4.78, 5) is 25.2. The second-order valence-electron chi connectivity index (χ2n) is 4.94. The largest absolute Gasteiger partial charge is 0.332 e. The number of hydrogen-bond donors (Lipinski definition) is 0. The number of pyridine rings is 2. The molecule has 0 radical (unpaired) electrons. The number of fused-ring (bicyclic) bond motifs is 1. The molecule has 0 N–H and O–H groups in total. The van der Waals surface area contributed by atoms with E-state index in [-0.39, 0.29) is 5.43 Å². The molecule has 3 heterocycles. The highest BCUT2D eigenvalue weighted by atomic mass is 16.1. The topological polar surface area (TPSA) is 60.7 Å². The zero-order valence-electron chi connectivity index (χ0n) is 12.1. The van der Waals surface area contributed by atoms with Crippen molar-refractivity contribution in [2.45, 2.75) is 26.8 Å². The van der Waals surface area contributed by atoms with E-state index in [0.29, 0.717) is 22.6 Å². The van der Waals surface area contributed by atoms with Crippen LogP contribution in [0.2, 0.25) is 0 Å². The average molecular weight is 280 g/mol. The molecule has 0 unspecified atom stereocenters. The third-order valence-corrected chi connectivity index (χ3v) is 3.40. The summed E-state index contributed by atoms with van der Waals surface area (Å²) in [5, 5.41) is 0.601. The molecule has 0 atom stereocenters. The first-order chi connectivity index (χ1) is 10.2. The molecule has 0 spiro atoms. The molecule has 0 amide bonds. The summed E-state index contributed by atoms with van der Waals surface area (Å²) in [5.41, 5.74) is 2.27. The Hall–Kier alpha value is -2.56. The van der Waals surface area contributed by atoms with Gasteiger partial charge >= 0.3 is 0 Å². The van der Waals surface area contributed by atoms with Crippen molar-refractivity contribution < 1.29 is 0 Å². The van der Waals surface area contributed by atoms with E-state index in [0.717, 1.165) is 18.5 Å². The summed E-state index contributed by atoms with van der Waals surface area (Å²) in [6, 6.07) is 5.32. The standard InChI is InChI=1S/C16H16N4O/c1-3-9-20-10-6-13(21)14-11(2)18-15(19-16(14)20)12-4-7-17-8-5-12/h4-8,10H,3,9H2,1-2H3. The van der Waals surface area contributed by atoms with Crippen molar-refractivity contribution in [3.63, 3.8) is 0 Å². The third kappa shape index (κ3) is 2.42. The first-order valence-electron chi connectivity index (χ1n) is 6.99. The smallest absolute Gasteiger partial charge is 0.192 e. The van der Waals surface area contributed by atoms with Gasteiger partial charge in [0.2, 0.25) is 0 Å². The Labute approximate surface area is 122 Å². The highest BCUT2D eigenvalue weighted by Crippen LogP contribution is 2.19. The summed E-state index contributed by atoms with van der Waals surface area (Å²) in [5.74, 6) is 0.623. The lowest BCUT2D eigenvalue weighted by Crippen LogP contribution is -2.12. The van der Waals surface area contributed by atoms with Crippen molar-refractivity contribution in [1.29, 1.82) is 0 Å². The van der Waals surface area contributed by atoms with Crippen LogP contribution in [0.25, 0.3) is 22.4 Å². The third-order valence-electron chi connectivity index (χ3n) is 3.40. The molecule has 0 saturated carbocycles. The van der Waals surface area contributed by atoms with Crippen LogP contribution in [0.3, 0.4) is 0 Å². The van der Waals surface area contributed by atoms with Crippen LogP contribution in [0, 0.1) is 6.92 Å². The molecule has 106 valence electrons. The zero-order chi connectivity index (χ0) is 14.8. The Morgan fingerprint density at radius 3 is 2.62 bits per heavy atom. The molecule has 5 heteroatoms. The fourth-order valence-electron chi connectivity index (χ4n) is 2.42. The number of aryl methyl sites for hydroxylation is 2. The van der Waals surface area contributed by atoms with Gasteiger partial charge in [0.1, 0.15) is 5.65 Å². The maximum Gasteiger partial charge on any atom is 0.192 e. The van der Waals surface area contributed by atoms with Gasteiger partial charge in [-0.05, 0) is 25.5 Å². The first kappa shape index (κ1) is 13.4. The second kappa shape index (κ2) is 5.44. The van der Waals surface area contributed by atoms with Gasteiger partial charge < -0.3 is 4.57 Å². The van der Waals surface area contributed by atoms with Crippen LogP contribution < -0.4 is 5.43 Å². The van der Waals surface area contributed by atoms with Crippen molar-refractivity contribution in [2.24, 2.45) is 0 Å². The summed E-state index contributed by atoms with van der Waals surface area (Å²) in [7, 11) is 0. The molecule has 3 aromatic heterocycles. The molecular formula is C16H16N4O. The van der Waals surface area contributed by atoms with Crippen LogP contribution in [-0.2, 0) is 6.54 Å². The lowest BCUT2D eigenvalue weighted by atomic mass is 10.2. The summed E-state index contributed by atoms with van der Waals surface area (Å²) >= 11 is 0. The number of nitrogens with zero attached hydrogens (tertiary/aromatic N) is 4. The quantitative estimate of drug-likeness (QED) is 0.739. The molecule has 0 aliphatic heterocycles. The van der Waals surface area contributed by atoms with Crippen LogP contribution in [0.1, 0.15) is 19.0 Å². The molecule has 0 aliphatic carbocycles. The minimum absolute atomic E-state index is 0.0314. The van der Waals surface area contributed by atoms with E-state index in [9.17, 15) is 4.79 Å². The summed E-state index contributed by atoms with van der Waals surface area (Å²) in [6.07, 6.45) is 6.20. The number of rotatable bonds is 3. The fraction of sp³-hybridized carbons (Fsp3) is 0.250. The van der Waals surface area contributed by atoms with Crippen LogP contribution in [-0.4, -0.2) is 19.5 Å². The number of aromatic nitrogens is 4. The van der Waals surface area contributed by atoms with Gasteiger partial charge in [0.25, 0.3) is 0 Å². The molecule has 0 aromatic carbocycles. The van der Waals surface area contributed by atoms with Gasteiger partial charge in [-0.1, -0.05) is 6.92 Å². The highest BCUT2D eigenvalue weighted by Gasteiger charge is 2.11. The maximum absolute atomic E-state index is 12.1. The van der Waals surface area contributed by atoms with Crippen LogP contribution in [0.15, 0.2) is 41.6 Å². The Kier molecular flexibility index (Phi) is 3.48. The van der Waals surface area contributed by atoms with E-state index in [4.69, 9.17) is 0 Å². The summed E-state index contributed by atoms with van der Waals surface area (Å²) in [6.45, 7) is 4.77. The molecule has 5 nitrogen and oxygen atoms in total. The molecule has 0 aliphatic rings. The Bertz CT molecular complexity index is 840. The van der Waals surface area contributed by atoms with Crippen LogP contribution in [0.5, 0.6) is 0 Å². The lowest BCUT2D eigenvalue weighted by Gasteiger charge is -2.11. The Morgan fingerprint density at radius 2 is 1.90 bits per heavy atom. The molecule has 0 saturated heterocycles. The van der Waals surface area contributed by atoms with Gasteiger partial charge in [-0.2, -0.15) is 0 Å². The van der Waals surface area contributed by atoms with Gasteiger partial charge in [0.15, 0.2) is 11.3 Å². The first-order valence-corrected chi connectivity index (χ1v) is 6.99. The molecule has 0 fully saturated rings. The van der Waals surface area contributed by atoms with E-state index < -0.39 is 0 Å². The van der Waals surface area contributed by atoms with Crippen molar-refractivity contribution in [3.8, 4) is 11.4 Å². The van der Waals surface area contributed by atoms with Crippen molar-refractivity contribution in [3.05, 3.63) is 52.7 Å². The summed E-state index contributed by atoms with van der Waals surface area (Å²) < 4.78 is 2.01. The fourth-order valence-corrected chi connectivity index (χ4v) is 2.42. The van der Waals surface area contributed by atoms with Gasteiger partial charge in [-0.3, -0.25) is 9.78 Å². The predicted octanol–water partition coefficient (Wildman–Crippen LogP) is 2.57. The van der Waals surface area contributed by atoms with Crippen molar-refractivity contribution in [1.82, 2.24) is 19.5 Å². The molecule has 21 heavy (non-hydrogen) atoms. The highest BCUT2D eigenvalue weighted by molar-refractivity contribution is 5.79. The van der Waals surface area contributed by atoms with E-state index in [1.165, 1.54) is 0 Å². The van der Waals surface area contributed by atoms with Gasteiger partial charge in [0, 0.05) is 36.8 Å². The Balaban J connectivity index is 2.32. The van der Waals surface area contributed by atoms with Crippen LogP contribution >= 0.6 is 0 Å². The maximum atomic E-state index is 12.1. The van der Waals surface area contributed by atoms with Gasteiger partial charge in [-0.25, -0.2) is 9.97 Å². The lowest BCUT2D eigenvalue weighted by molar-refractivity contribution is 0.690. The van der Waals surface area contributed by atoms with Gasteiger partial charge in [-0.15, -0.1) is 0 Å². The minimum Gasteiger partial charge on any atom is -0.332 e. The van der Waals surface area contributed by atoms with Gasteiger partial charge in [0.05, 0.1) is 11.1 Å². The monoisotopic (exact) mass is 280 g/mol. The van der Waals surface area contributed by atoms with E-state index in [1.54, 1.807) is 24.7 Å². The van der Waals surface area contributed by atoms with Crippen molar-refractivity contribution >= 4 is 11.0 Å². The van der Waals surface area contributed by atoms with E-state index in [2.05, 4.69) is 21.9 Å². The molecular weight excluding hydrogens is 264 g/mol. The van der Waals surface area contributed by atoms with E-state index in [1.807, 2.05) is 23.6 Å². The zero-order valence-corrected chi connectivity index (χ0v) is 12.1. The Morgan fingerprint density at radius 1 is 1.14 bits per heavy atom. The number of hydrogen-bond acceptors (Lipinski definition) is 4. The predicted molar refractivity (Wildman–Crippen MR) is 82.1 cm³/mol. The molecule has 3 aromatic rings. The molecule has 0 bridgehead atoms. The molecule has 3 rings (SSSR count).